The zero-order chi connectivity index (χ0) is 13.6. The molecular formula is C12H23NO4S. The molecule has 1 fully saturated rings. The molecular weight excluding hydrogens is 254 g/mol. The number of nitrogens with zero attached hydrogens (tertiary/aromatic N) is 1. The third-order valence-corrected chi connectivity index (χ3v) is 5.48. The van der Waals surface area contributed by atoms with Gasteiger partial charge in [-0.25, -0.2) is 8.42 Å². The largest absolute Gasteiger partial charge is 0.395 e. The van der Waals surface area contributed by atoms with Gasteiger partial charge in [-0.15, -0.1) is 0 Å². The van der Waals surface area contributed by atoms with Crippen LogP contribution in [0, 0.1) is 0 Å². The first-order chi connectivity index (χ1) is 8.53. The van der Waals surface area contributed by atoms with E-state index in [1.54, 1.807) is 0 Å². The number of aliphatic hydroxyl groups is 1. The maximum Gasteiger partial charge on any atom is 0.240 e. The summed E-state index contributed by atoms with van der Waals surface area (Å²) < 4.78 is 23.8. The number of aliphatic hydroxyl groups excluding tert-OH is 1. The molecule has 0 aromatic heterocycles. The Morgan fingerprint density at radius 2 is 2.06 bits per heavy atom. The predicted molar refractivity (Wildman–Crippen MR) is 70.0 cm³/mol. The molecule has 1 aliphatic heterocycles. The van der Waals surface area contributed by atoms with Crippen LogP contribution in [0.4, 0.5) is 0 Å². The molecule has 18 heavy (non-hydrogen) atoms. The number of carbonyl (C=O) groups is 1. The van der Waals surface area contributed by atoms with Crippen LogP contribution in [0.5, 0.6) is 0 Å². The van der Waals surface area contributed by atoms with Crippen molar-refractivity contribution in [3.63, 3.8) is 0 Å². The van der Waals surface area contributed by atoms with Crippen molar-refractivity contribution in [2.45, 2.75) is 44.3 Å². The van der Waals surface area contributed by atoms with Gasteiger partial charge in [-0.2, -0.15) is 0 Å². The molecule has 5 nitrogen and oxygen atoms in total. The third kappa shape index (κ3) is 3.95. The van der Waals surface area contributed by atoms with Gasteiger partial charge in [-0.3, -0.25) is 4.79 Å². The molecule has 0 radical (unpaired) electrons. The maximum absolute atomic E-state index is 12.2. The molecule has 1 saturated heterocycles. The Morgan fingerprint density at radius 3 is 2.61 bits per heavy atom. The summed E-state index contributed by atoms with van der Waals surface area (Å²) >= 11 is 0. The number of hydrogen-bond acceptors (Lipinski definition) is 4. The van der Waals surface area contributed by atoms with Crippen LogP contribution in [0.1, 0.15) is 39.0 Å². The van der Waals surface area contributed by atoms with Crippen LogP contribution in [0.25, 0.3) is 0 Å². The summed E-state index contributed by atoms with van der Waals surface area (Å²) in [5.41, 5.74) is 0. The Balaban J connectivity index is 2.74. The smallest absolute Gasteiger partial charge is 0.240 e. The second-order valence-corrected chi connectivity index (χ2v) is 7.06. The summed E-state index contributed by atoms with van der Waals surface area (Å²) in [6.45, 7) is 2.65. The second kappa shape index (κ2) is 7.09. The summed E-state index contributed by atoms with van der Waals surface area (Å²) in [7, 11) is -3.28. The van der Waals surface area contributed by atoms with E-state index in [9.17, 15) is 13.2 Å². The van der Waals surface area contributed by atoms with Crippen molar-refractivity contribution in [1.29, 1.82) is 0 Å². The lowest BCUT2D eigenvalue weighted by atomic mass is 10.1. The molecule has 0 saturated carbocycles. The highest BCUT2D eigenvalue weighted by Crippen LogP contribution is 2.21. The van der Waals surface area contributed by atoms with Crippen molar-refractivity contribution >= 4 is 15.7 Å². The first-order valence-corrected chi connectivity index (χ1v) is 8.35. The average Bonchev–Trinajstić information content (AvgIpc) is 2.33. The SMILES string of the molecule is CCCCN(CCO)C(=O)C1CCCCS1(=O)=O. The van der Waals surface area contributed by atoms with Crippen molar-refractivity contribution < 1.29 is 18.3 Å². The van der Waals surface area contributed by atoms with Gasteiger partial charge in [0.1, 0.15) is 5.25 Å². The number of carbonyl (C=O) groups excluding carboxylic acids is 1. The van der Waals surface area contributed by atoms with Crippen LogP contribution in [0.15, 0.2) is 0 Å². The Labute approximate surface area is 109 Å². The quantitative estimate of drug-likeness (QED) is 0.770. The minimum atomic E-state index is -3.28. The van der Waals surface area contributed by atoms with E-state index in [1.165, 1.54) is 4.90 Å². The van der Waals surface area contributed by atoms with Crippen molar-refractivity contribution in [3.05, 3.63) is 0 Å². The van der Waals surface area contributed by atoms with Crippen LogP contribution in [-0.4, -0.2) is 55.0 Å². The van der Waals surface area contributed by atoms with Gasteiger partial charge in [0.15, 0.2) is 9.84 Å². The standard InChI is InChI=1S/C12H23NO4S/c1-2-3-7-13(8-9-14)12(15)11-6-4-5-10-18(11,16)17/h11,14H,2-10H2,1H3. The van der Waals surface area contributed by atoms with Crippen LogP contribution in [0.2, 0.25) is 0 Å². The fraction of sp³-hybridized carbons (Fsp3) is 0.917. The average molecular weight is 277 g/mol. The van der Waals surface area contributed by atoms with Gasteiger partial charge in [-0.1, -0.05) is 19.8 Å². The topological polar surface area (TPSA) is 74.7 Å². The van der Waals surface area contributed by atoms with E-state index in [1.807, 2.05) is 6.92 Å². The van der Waals surface area contributed by atoms with Gasteiger partial charge in [0.25, 0.3) is 0 Å². The minimum absolute atomic E-state index is 0.115. The Morgan fingerprint density at radius 1 is 1.33 bits per heavy atom. The van der Waals surface area contributed by atoms with E-state index in [0.717, 1.165) is 19.3 Å². The zero-order valence-electron chi connectivity index (χ0n) is 11.0. The van der Waals surface area contributed by atoms with Gasteiger partial charge in [0.05, 0.1) is 12.4 Å². The number of amides is 1. The highest BCUT2D eigenvalue weighted by molar-refractivity contribution is 7.92. The van der Waals surface area contributed by atoms with Gasteiger partial charge in [0, 0.05) is 13.1 Å². The van der Waals surface area contributed by atoms with Gasteiger partial charge >= 0.3 is 0 Å². The third-order valence-electron chi connectivity index (χ3n) is 3.32. The molecule has 0 aromatic rings. The van der Waals surface area contributed by atoms with Crippen LogP contribution in [0.3, 0.4) is 0 Å². The number of hydrogen-bond donors (Lipinski definition) is 1. The molecule has 1 unspecified atom stereocenters. The molecule has 1 heterocycles. The molecule has 0 spiro atoms. The first-order valence-electron chi connectivity index (χ1n) is 6.64. The van der Waals surface area contributed by atoms with Crippen LogP contribution >= 0.6 is 0 Å². The fourth-order valence-corrected chi connectivity index (χ4v) is 4.11. The maximum atomic E-state index is 12.2. The minimum Gasteiger partial charge on any atom is -0.395 e. The lowest BCUT2D eigenvalue weighted by Crippen LogP contribution is -2.46. The molecule has 1 N–H and O–H groups in total. The first kappa shape index (κ1) is 15.4. The van der Waals surface area contributed by atoms with E-state index >= 15 is 0 Å². The normalized spacial score (nSPS) is 22.7. The highest BCUT2D eigenvalue weighted by atomic mass is 32.2. The molecule has 0 aromatic carbocycles. The van der Waals surface area contributed by atoms with Gasteiger partial charge in [0.2, 0.25) is 5.91 Å². The Hall–Kier alpha value is -0.620. The van der Waals surface area contributed by atoms with E-state index in [4.69, 9.17) is 5.11 Å². The number of sulfone groups is 1. The molecule has 0 bridgehead atoms. The lowest BCUT2D eigenvalue weighted by Gasteiger charge is -2.28. The Kier molecular flexibility index (Phi) is 6.08. The highest BCUT2D eigenvalue weighted by Gasteiger charge is 2.37. The van der Waals surface area contributed by atoms with Crippen LogP contribution < -0.4 is 0 Å². The van der Waals surface area contributed by atoms with Crippen LogP contribution in [-0.2, 0) is 14.6 Å². The van der Waals surface area contributed by atoms with E-state index in [0.29, 0.717) is 19.4 Å². The molecule has 6 heteroatoms. The summed E-state index contributed by atoms with van der Waals surface area (Å²) in [6.07, 6.45) is 3.64. The zero-order valence-corrected chi connectivity index (χ0v) is 11.8. The van der Waals surface area contributed by atoms with E-state index in [2.05, 4.69) is 0 Å². The van der Waals surface area contributed by atoms with Crippen molar-refractivity contribution in [1.82, 2.24) is 4.90 Å². The molecule has 1 aliphatic rings. The molecule has 1 atom stereocenters. The predicted octanol–water partition coefficient (Wildman–Crippen LogP) is 0.575. The van der Waals surface area contributed by atoms with Crippen molar-refractivity contribution in [3.8, 4) is 0 Å². The number of rotatable bonds is 6. The molecule has 1 amide bonds. The van der Waals surface area contributed by atoms with E-state index < -0.39 is 15.1 Å². The van der Waals surface area contributed by atoms with Gasteiger partial charge < -0.3 is 10.0 Å². The second-order valence-electron chi connectivity index (χ2n) is 4.75. The molecule has 0 aliphatic carbocycles. The monoisotopic (exact) mass is 277 g/mol. The fourth-order valence-electron chi connectivity index (χ4n) is 2.24. The summed E-state index contributed by atoms with van der Waals surface area (Å²) in [5, 5.41) is 8.09. The van der Waals surface area contributed by atoms with Crippen molar-refractivity contribution in [2.24, 2.45) is 0 Å². The molecule has 1 rings (SSSR count). The molecule has 106 valence electrons. The van der Waals surface area contributed by atoms with E-state index in [-0.39, 0.29) is 24.8 Å². The van der Waals surface area contributed by atoms with Crippen molar-refractivity contribution in [2.75, 3.05) is 25.4 Å². The summed E-state index contributed by atoms with van der Waals surface area (Å²) in [5.74, 6) is -0.207. The Bertz CT molecular complexity index is 366. The number of unbranched alkanes of at least 4 members (excludes halogenated alkanes) is 1. The summed E-state index contributed by atoms with van der Waals surface area (Å²) in [6, 6.07) is 0. The van der Waals surface area contributed by atoms with Gasteiger partial charge in [-0.05, 0) is 19.3 Å². The summed E-state index contributed by atoms with van der Waals surface area (Å²) in [4.78, 5) is 13.7. The lowest BCUT2D eigenvalue weighted by molar-refractivity contribution is -0.131.